The average Bonchev–Trinajstić information content (AvgIpc) is 3.18. The first kappa shape index (κ1) is 13.7. The summed E-state index contributed by atoms with van der Waals surface area (Å²) in [6.45, 7) is 0.529. The minimum Gasteiger partial charge on any atom is -0.467 e. The molecule has 0 radical (unpaired) electrons. The SMILES string of the molecule is Nc1ccc(C(=O)N(Cc2ccco2)C2CCCC2)cc1. The predicted molar refractivity (Wildman–Crippen MR) is 81.7 cm³/mol. The maximum atomic E-state index is 12.8. The Hall–Kier alpha value is -2.23. The van der Waals surface area contributed by atoms with Gasteiger partial charge in [0.15, 0.2) is 0 Å². The number of carbonyl (C=O) groups is 1. The summed E-state index contributed by atoms with van der Waals surface area (Å²) in [5.74, 6) is 0.879. The molecule has 1 fully saturated rings. The van der Waals surface area contributed by atoms with E-state index in [4.69, 9.17) is 10.2 Å². The van der Waals surface area contributed by atoms with E-state index in [0.29, 0.717) is 23.8 Å². The maximum absolute atomic E-state index is 12.8. The highest BCUT2D eigenvalue weighted by Gasteiger charge is 2.28. The van der Waals surface area contributed by atoms with Gasteiger partial charge in [-0.3, -0.25) is 4.79 Å². The van der Waals surface area contributed by atoms with Crippen molar-refractivity contribution in [2.24, 2.45) is 0 Å². The Labute approximate surface area is 124 Å². The molecule has 3 rings (SSSR count). The van der Waals surface area contributed by atoms with E-state index < -0.39 is 0 Å². The lowest BCUT2D eigenvalue weighted by molar-refractivity contribution is 0.0649. The van der Waals surface area contributed by atoms with Gasteiger partial charge in [0.2, 0.25) is 0 Å². The van der Waals surface area contributed by atoms with Crippen LogP contribution >= 0.6 is 0 Å². The van der Waals surface area contributed by atoms with Gasteiger partial charge in [0.05, 0.1) is 12.8 Å². The molecule has 0 unspecified atom stereocenters. The number of anilines is 1. The van der Waals surface area contributed by atoms with Crippen molar-refractivity contribution in [3.63, 3.8) is 0 Å². The van der Waals surface area contributed by atoms with Crippen molar-refractivity contribution >= 4 is 11.6 Å². The Bertz CT molecular complexity index is 584. The standard InChI is InChI=1S/C17H20N2O2/c18-14-9-7-13(8-10-14)17(20)19(15-4-1-2-5-15)12-16-6-3-11-21-16/h3,6-11,15H,1-2,4-5,12,18H2. The van der Waals surface area contributed by atoms with Crippen LogP contribution in [0.2, 0.25) is 0 Å². The van der Waals surface area contributed by atoms with Crippen LogP contribution in [0, 0.1) is 0 Å². The van der Waals surface area contributed by atoms with Crippen LogP contribution in [-0.2, 0) is 6.54 Å². The van der Waals surface area contributed by atoms with Gasteiger partial charge >= 0.3 is 0 Å². The number of carbonyl (C=O) groups excluding carboxylic acids is 1. The van der Waals surface area contributed by atoms with Crippen LogP contribution in [-0.4, -0.2) is 16.8 Å². The van der Waals surface area contributed by atoms with Crippen LogP contribution in [0.25, 0.3) is 0 Å². The predicted octanol–water partition coefficient (Wildman–Crippen LogP) is 3.45. The van der Waals surface area contributed by atoms with Gasteiger partial charge in [0.25, 0.3) is 5.91 Å². The molecular weight excluding hydrogens is 264 g/mol. The highest BCUT2D eigenvalue weighted by molar-refractivity contribution is 5.94. The normalized spacial score (nSPS) is 15.2. The van der Waals surface area contributed by atoms with Crippen LogP contribution in [0.5, 0.6) is 0 Å². The molecule has 1 aromatic heterocycles. The Morgan fingerprint density at radius 1 is 1.19 bits per heavy atom. The third-order valence-electron chi connectivity index (χ3n) is 4.09. The second-order valence-electron chi connectivity index (χ2n) is 5.57. The Morgan fingerprint density at radius 3 is 2.52 bits per heavy atom. The molecule has 1 saturated carbocycles. The van der Waals surface area contributed by atoms with E-state index in [9.17, 15) is 4.79 Å². The lowest BCUT2D eigenvalue weighted by Crippen LogP contribution is -2.38. The number of rotatable bonds is 4. The second kappa shape index (κ2) is 6.04. The van der Waals surface area contributed by atoms with E-state index in [-0.39, 0.29) is 5.91 Å². The van der Waals surface area contributed by atoms with Crippen molar-refractivity contribution in [2.75, 3.05) is 5.73 Å². The summed E-state index contributed by atoms with van der Waals surface area (Å²) in [6, 6.07) is 11.2. The van der Waals surface area contributed by atoms with Gasteiger partial charge in [-0.1, -0.05) is 12.8 Å². The lowest BCUT2D eigenvalue weighted by Gasteiger charge is -2.28. The molecular formula is C17H20N2O2. The van der Waals surface area contributed by atoms with Crippen LogP contribution in [0.1, 0.15) is 41.8 Å². The van der Waals surface area contributed by atoms with Crippen LogP contribution in [0.15, 0.2) is 47.1 Å². The van der Waals surface area contributed by atoms with Crippen molar-refractivity contribution in [1.29, 1.82) is 0 Å². The number of nitrogens with two attached hydrogens (primary N) is 1. The maximum Gasteiger partial charge on any atom is 0.254 e. The summed E-state index contributed by atoms with van der Waals surface area (Å²) in [5, 5.41) is 0. The Kier molecular flexibility index (Phi) is 3.95. The quantitative estimate of drug-likeness (QED) is 0.875. The molecule has 1 aromatic carbocycles. The Morgan fingerprint density at radius 2 is 1.90 bits per heavy atom. The van der Waals surface area contributed by atoms with E-state index >= 15 is 0 Å². The molecule has 2 N–H and O–H groups in total. The first-order valence-corrected chi connectivity index (χ1v) is 7.43. The molecule has 4 heteroatoms. The molecule has 0 spiro atoms. The van der Waals surface area contributed by atoms with E-state index in [1.165, 1.54) is 12.8 Å². The fraction of sp³-hybridized carbons (Fsp3) is 0.353. The topological polar surface area (TPSA) is 59.5 Å². The van der Waals surface area contributed by atoms with Gasteiger partial charge in [-0.15, -0.1) is 0 Å². The zero-order valence-corrected chi connectivity index (χ0v) is 12.0. The number of nitrogens with zero attached hydrogens (tertiary/aromatic N) is 1. The summed E-state index contributed by atoms with van der Waals surface area (Å²) < 4.78 is 5.41. The van der Waals surface area contributed by atoms with Crippen molar-refractivity contribution in [1.82, 2.24) is 4.90 Å². The van der Waals surface area contributed by atoms with E-state index in [2.05, 4.69) is 0 Å². The van der Waals surface area contributed by atoms with Crippen molar-refractivity contribution in [3.05, 3.63) is 54.0 Å². The summed E-state index contributed by atoms with van der Waals surface area (Å²) in [4.78, 5) is 14.8. The molecule has 1 amide bonds. The fourth-order valence-corrected chi connectivity index (χ4v) is 2.94. The van der Waals surface area contributed by atoms with E-state index in [0.717, 1.165) is 18.6 Å². The average molecular weight is 284 g/mol. The van der Waals surface area contributed by atoms with Gasteiger partial charge in [-0.05, 0) is 49.2 Å². The smallest absolute Gasteiger partial charge is 0.254 e. The van der Waals surface area contributed by atoms with Gasteiger partial charge in [0.1, 0.15) is 5.76 Å². The van der Waals surface area contributed by atoms with Crippen LogP contribution in [0.3, 0.4) is 0 Å². The third kappa shape index (κ3) is 3.10. The summed E-state index contributed by atoms with van der Waals surface area (Å²) in [6.07, 6.45) is 6.17. The van der Waals surface area contributed by atoms with Gasteiger partial charge in [-0.2, -0.15) is 0 Å². The minimum atomic E-state index is 0.0540. The van der Waals surface area contributed by atoms with Gasteiger partial charge in [-0.25, -0.2) is 0 Å². The molecule has 1 aliphatic carbocycles. The van der Waals surface area contributed by atoms with Crippen LogP contribution < -0.4 is 5.73 Å². The second-order valence-corrected chi connectivity index (χ2v) is 5.57. The van der Waals surface area contributed by atoms with E-state index in [1.807, 2.05) is 17.0 Å². The summed E-state index contributed by atoms with van der Waals surface area (Å²) in [5.41, 5.74) is 7.05. The number of hydrogen-bond donors (Lipinski definition) is 1. The molecule has 0 aliphatic heterocycles. The van der Waals surface area contributed by atoms with Gasteiger partial charge < -0.3 is 15.1 Å². The van der Waals surface area contributed by atoms with E-state index in [1.54, 1.807) is 30.5 Å². The molecule has 1 aliphatic rings. The third-order valence-corrected chi connectivity index (χ3v) is 4.09. The largest absolute Gasteiger partial charge is 0.467 e. The number of benzene rings is 1. The molecule has 2 aromatic rings. The van der Waals surface area contributed by atoms with Crippen molar-refractivity contribution < 1.29 is 9.21 Å². The zero-order valence-electron chi connectivity index (χ0n) is 12.0. The lowest BCUT2D eigenvalue weighted by atomic mass is 10.1. The monoisotopic (exact) mass is 284 g/mol. The number of furan rings is 1. The minimum absolute atomic E-state index is 0.0540. The first-order chi connectivity index (χ1) is 10.2. The number of amides is 1. The molecule has 4 nitrogen and oxygen atoms in total. The molecule has 0 saturated heterocycles. The van der Waals surface area contributed by atoms with Gasteiger partial charge in [0, 0.05) is 17.3 Å². The highest BCUT2D eigenvalue weighted by Crippen LogP contribution is 2.26. The number of hydrogen-bond acceptors (Lipinski definition) is 3. The number of nitrogen functional groups attached to an aromatic ring is 1. The molecule has 1 heterocycles. The summed E-state index contributed by atoms with van der Waals surface area (Å²) in [7, 11) is 0. The fourth-order valence-electron chi connectivity index (χ4n) is 2.94. The van der Waals surface area contributed by atoms with Crippen LogP contribution in [0.4, 0.5) is 5.69 Å². The molecule has 110 valence electrons. The zero-order chi connectivity index (χ0) is 14.7. The first-order valence-electron chi connectivity index (χ1n) is 7.43. The Balaban J connectivity index is 1.83. The molecule has 0 bridgehead atoms. The van der Waals surface area contributed by atoms with Crippen molar-refractivity contribution in [2.45, 2.75) is 38.3 Å². The van der Waals surface area contributed by atoms with Crippen molar-refractivity contribution in [3.8, 4) is 0 Å². The molecule has 21 heavy (non-hydrogen) atoms. The molecule has 0 atom stereocenters. The summed E-state index contributed by atoms with van der Waals surface area (Å²) >= 11 is 0. The highest BCUT2D eigenvalue weighted by atomic mass is 16.3.